The van der Waals surface area contributed by atoms with E-state index < -0.39 is 15.9 Å². The Morgan fingerprint density at radius 3 is 2.32 bits per heavy atom. The van der Waals surface area contributed by atoms with Gasteiger partial charge in [-0.2, -0.15) is 5.10 Å². The highest BCUT2D eigenvalue weighted by Gasteiger charge is 2.28. The Balaban J connectivity index is 1.45. The fourth-order valence-corrected chi connectivity index (χ4v) is 5.36. The first-order chi connectivity index (χ1) is 18.0. The van der Waals surface area contributed by atoms with Crippen LogP contribution in [0.5, 0.6) is 11.5 Å². The van der Waals surface area contributed by atoms with Crippen molar-refractivity contribution in [1.29, 1.82) is 0 Å². The van der Waals surface area contributed by atoms with E-state index in [-0.39, 0.29) is 29.5 Å². The van der Waals surface area contributed by atoms with Crippen molar-refractivity contribution in [2.75, 3.05) is 11.1 Å². The molecule has 0 bridgehead atoms. The summed E-state index contributed by atoms with van der Waals surface area (Å²) in [6.45, 7) is 0.206. The van der Waals surface area contributed by atoms with Gasteiger partial charge in [0.15, 0.2) is 11.5 Å². The van der Waals surface area contributed by atoms with Crippen LogP contribution in [0.4, 0.5) is 5.69 Å². The fourth-order valence-electron chi connectivity index (χ4n) is 3.87. The van der Waals surface area contributed by atoms with Crippen molar-refractivity contribution in [2.24, 2.45) is 5.10 Å². The first-order valence-corrected chi connectivity index (χ1v) is 12.9. The van der Waals surface area contributed by atoms with Crippen LogP contribution in [0.2, 0.25) is 0 Å². The first-order valence-electron chi connectivity index (χ1n) is 11.5. The molecule has 1 aliphatic rings. The van der Waals surface area contributed by atoms with E-state index in [1.807, 2.05) is 30.3 Å². The van der Waals surface area contributed by atoms with Gasteiger partial charge in [0.1, 0.15) is 0 Å². The maximum absolute atomic E-state index is 13.7. The maximum Gasteiger partial charge on any atom is 0.273 e. The third kappa shape index (κ3) is 5.31. The number of rotatable bonds is 8. The lowest BCUT2D eigenvalue weighted by Gasteiger charge is -2.26. The van der Waals surface area contributed by atoms with Crippen molar-refractivity contribution in [2.45, 2.75) is 11.4 Å². The number of fused-ring (bicyclic) bond motifs is 1. The second kappa shape index (κ2) is 10.5. The number of benzene rings is 4. The van der Waals surface area contributed by atoms with E-state index in [0.29, 0.717) is 17.1 Å². The van der Waals surface area contributed by atoms with Crippen LogP contribution in [-0.4, -0.2) is 27.3 Å². The van der Waals surface area contributed by atoms with Gasteiger partial charge in [-0.3, -0.25) is 9.10 Å². The summed E-state index contributed by atoms with van der Waals surface area (Å²) in [5.41, 5.74) is 4.39. The average molecular weight is 514 g/mol. The van der Waals surface area contributed by atoms with Crippen molar-refractivity contribution in [3.8, 4) is 11.5 Å². The molecule has 0 unspecified atom stereocenters. The lowest BCUT2D eigenvalue weighted by Crippen LogP contribution is -2.33. The number of anilines is 1. The monoisotopic (exact) mass is 513 g/mol. The van der Waals surface area contributed by atoms with Crippen LogP contribution in [0, 0.1) is 0 Å². The number of amides is 1. The molecule has 37 heavy (non-hydrogen) atoms. The molecule has 0 saturated carbocycles. The molecule has 0 atom stereocenters. The maximum atomic E-state index is 13.7. The lowest BCUT2D eigenvalue weighted by atomic mass is 10.1. The molecule has 1 heterocycles. The molecule has 1 N–H and O–H groups in total. The Kier molecular flexibility index (Phi) is 6.87. The van der Waals surface area contributed by atoms with E-state index in [0.717, 1.165) is 5.56 Å². The summed E-state index contributed by atoms with van der Waals surface area (Å²) in [5.74, 6) is 0.699. The van der Waals surface area contributed by atoms with Crippen LogP contribution in [0.25, 0.3) is 0 Å². The summed E-state index contributed by atoms with van der Waals surface area (Å²) in [7, 11) is -3.99. The van der Waals surface area contributed by atoms with Gasteiger partial charge in [-0.15, -0.1) is 0 Å². The Hall–Kier alpha value is -4.63. The summed E-state index contributed by atoms with van der Waals surface area (Å²) >= 11 is 0. The largest absolute Gasteiger partial charge is 0.454 e. The van der Waals surface area contributed by atoms with E-state index in [1.165, 1.54) is 22.7 Å². The minimum Gasteiger partial charge on any atom is -0.454 e. The molecule has 0 radical (unpaired) electrons. The van der Waals surface area contributed by atoms with Gasteiger partial charge in [-0.25, -0.2) is 13.8 Å². The Morgan fingerprint density at radius 1 is 0.865 bits per heavy atom. The fraction of sp³-hybridized carbons (Fsp3) is 0.0714. The molecule has 186 valence electrons. The molecular weight excluding hydrogens is 490 g/mol. The van der Waals surface area contributed by atoms with Crippen LogP contribution in [0.15, 0.2) is 113 Å². The highest BCUT2D eigenvalue weighted by molar-refractivity contribution is 7.92. The standard InChI is InChI=1S/C28H23N3O5S/c32-28(30-29-18-22-15-16-26-27(17-22)36-20-35-26)24-13-7-8-14-25(24)31(19-21-9-3-1-4-10-21)37(33,34)23-11-5-2-6-12-23/h1-18H,19-20H2,(H,30,32)/b29-18-. The normalized spacial score (nSPS) is 12.4. The van der Waals surface area contributed by atoms with Crippen LogP contribution in [0.3, 0.4) is 0 Å². The number of nitrogens with zero attached hydrogens (tertiary/aromatic N) is 2. The number of carbonyl (C=O) groups is 1. The number of hydrogen-bond acceptors (Lipinski definition) is 6. The molecule has 0 aliphatic carbocycles. The smallest absolute Gasteiger partial charge is 0.273 e. The highest BCUT2D eigenvalue weighted by atomic mass is 32.2. The molecule has 1 amide bonds. The van der Waals surface area contributed by atoms with Gasteiger partial charge in [0.2, 0.25) is 6.79 Å². The summed E-state index contributed by atoms with van der Waals surface area (Å²) in [6.07, 6.45) is 1.48. The summed E-state index contributed by atoms with van der Waals surface area (Å²) in [5, 5.41) is 4.06. The lowest BCUT2D eigenvalue weighted by molar-refractivity contribution is 0.0955. The van der Waals surface area contributed by atoms with Gasteiger partial charge in [0.25, 0.3) is 15.9 Å². The summed E-state index contributed by atoms with van der Waals surface area (Å²) in [4.78, 5) is 13.3. The number of ether oxygens (including phenoxy) is 2. The van der Waals surface area contributed by atoms with E-state index in [2.05, 4.69) is 10.5 Å². The zero-order chi connectivity index (χ0) is 25.7. The number of carbonyl (C=O) groups excluding carboxylic acids is 1. The molecule has 4 aromatic rings. The molecule has 4 aromatic carbocycles. The van der Waals surface area contributed by atoms with Gasteiger partial charge in [-0.1, -0.05) is 60.7 Å². The van der Waals surface area contributed by atoms with Crippen molar-refractivity contribution >= 4 is 27.8 Å². The zero-order valence-corrected chi connectivity index (χ0v) is 20.5. The van der Waals surface area contributed by atoms with Gasteiger partial charge in [0.05, 0.1) is 28.9 Å². The number of hydrogen-bond donors (Lipinski definition) is 1. The second-order valence-corrected chi connectivity index (χ2v) is 10.0. The van der Waals surface area contributed by atoms with Crippen LogP contribution in [0.1, 0.15) is 21.5 Å². The summed E-state index contributed by atoms with van der Waals surface area (Å²) < 4.78 is 39.4. The van der Waals surface area contributed by atoms with Crippen molar-refractivity contribution in [3.05, 3.63) is 120 Å². The highest BCUT2D eigenvalue weighted by Crippen LogP contribution is 2.32. The number of para-hydroxylation sites is 1. The number of nitrogens with one attached hydrogen (secondary N) is 1. The SMILES string of the molecule is O=C(N/N=C\c1ccc2c(c1)OCO2)c1ccccc1N(Cc1ccccc1)S(=O)(=O)c1ccccc1. The van der Waals surface area contributed by atoms with Crippen molar-refractivity contribution < 1.29 is 22.7 Å². The van der Waals surface area contributed by atoms with E-state index in [4.69, 9.17) is 9.47 Å². The van der Waals surface area contributed by atoms with Crippen LogP contribution in [-0.2, 0) is 16.6 Å². The predicted molar refractivity (Wildman–Crippen MR) is 140 cm³/mol. The third-order valence-corrected chi connectivity index (χ3v) is 7.47. The quantitative estimate of drug-likeness (QED) is 0.275. The topological polar surface area (TPSA) is 97.3 Å². The molecule has 9 heteroatoms. The van der Waals surface area contributed by atoms with E-state index >= 15 is 0 Å². The molecular formula is C28H23N3O5S. The van der Waals surface area contributed by atoms with Crippen LogP contribution < -0.4 is 19.2 Å². The van der Waals surface area contributed by atoms with Crippen LogP contribution >= 0.6 is 0 Å². The molecule has 1 aliphatic heterocycles. The van der Waals surface area contributed by atoms with Gasteiger partial charge in [0, 0.05) is 0 Å². The van der Waals surface area contributed by atoms with Gasteiger partial charge in [-0.05, 0) is 53.6 Å². The second-order valence-electron chi connectivity index (χ2n) is 8.14. The third-order valence-electron chi connectivity index (χ3n) is 5.69. The minimum absolute atomic E-state index is 0.0445. The number of hydrazone groups is 1. The predicted octanol–water partition coefficient (Wildman–Crippen LogP) is 4.57. The number of sulfonamides is 1. The van der Waals surface area contributed by atoms with Crippen molar-refractivity contribution in [3.63, 3.8) is 0 Å². The molecule has 0 aromatic heterocycles. The molecule has 8 nitrogen and oxygen atoms in total. The molecule has 0 fully saturated rings. The van der Waals surface area contributed by atoms with Crippen molar-refractivity contribution in [1.82, 2.24) is 5.43 Å². The van der Waals surface area contributed by atoms with E-state index in [1.54, 1.807) is 60.7 Å². The molecule has 0 spiro atoms. The zero-order valence-electron chi connectivity index (χ0n) is 19.7. The minimum atomic E-state index is -3.99. The Labute approximate surface area is 214 Å². The Bertz CT molecular complexity index is 1540. The first kappa shape index (κ1) is 24.1. The average Bonchev–Trinajstić information content (AvgIpc) is 3.41. The van der Waals surface area contributed by atoms with Gasteiger partial charge < -0.3 is 9.47 Å². The molecule has 0 saturated heterocycles. The van der Waals surface area contributed by atoms with E-state index in [9.17, 15) is 13.2 Å². The Morgan fingerprint density at radius 2 is 1.54 bits per heavy atom. The summed E-state index contributed by atoms with van der Waals surface area (Å²) in [6, 6.07) is 29.2. The molecule has 5 rings (SSSR count). The van der Waals surface area contributed by atoms with Gasteiger partial charge >= 0.3 is 0 Å².